The van der Waals surface area contributed by atoms with Crippen LogP contribution in [0.5, 0.6) is 0 Å². The average molecular weight is 270 g/mol. The van der Waals surface area contributed by atoms with Crippen molar-refractivity contribution in [2.45, 2.75) is 6.10 Å². The highest BCUT2D eigenvalue weighted by atomic mass is 35.5. The van der Waals surface area contributed by atoms with E-state index in [1.807, 2.05) is 7.05 Å². The van der Waals surface area contributed by atoms with Crippen molar-refractivity contribution in [2.75, 3.05) is 33.3 Å². The number of morpholine rings is 1. The van der Waals surface area contributed by atoms with Crippen molar-refractivity contribution in [3.63, 3.8) is 0 Å². The highest BCUT2D eigenvalue weighted by molar-refractivity contribution is 6.29. The van der Waals surface area contributed by atoms with Crippen molar-refractivity contribution < 1.29 is 9.53 Å². The van der Waals surface area contributed by atoms with Gasteiger partial charge in [-0.05, 0) is 19.2 Å². The molecule has 1 aliphatic heterocycles. The quantitative estimate of drug-likeness (QED) is 0.825. The van der Waals surface area contributed by atoms with E-state index in [1.54, 1.807) is 18.2 Å². The van der Waals surface area contributed by atoms with Crippen LogP contribution in [0.4, 0.5) is 0 Å². The standard InChI is InChI=1S/C12H16ClN3O2/c1-16-5-6-18-9(8-16)7-14-12(17)10-3-2-4-11(13)15-10/h2-4,9H,5-8H2,1H3,(H,14,17). The lowest BCUT2D eigenvalue weighted by molar-refractivity contribution is -0.0175. The van der Waals surface area contributed by atoms with Gasteiger partial charge in [0, 0.05) is 19.6 Å². The summed E-state index contributed by atoms with van der Waals surface area (Å²) in [4.78, 5) is 18.0. The van der Waals surface area contributed by atoms with E-state index in [9.17, 15) is 4.79 Å². The van der Waals surface area contributed by atoms with Crippen LogP contribution in [0.15, 0.2) is 18.2 Å². The number of nitrogens with zero attached hydrogens (tertiary/aromatic N) is 2. The van der Waals surface area contributed by atoms with Gasteiger partial charge in [-0.25, -0.2) is 4.98 Å². The largest absolute Gasteiger partial charge is 0.374 e. The number of amides is 1. The molecule has 2 rings (SSSR count). The van der Waals surface area contributed by atoms with Gasteiger partial charge in [0.1, 0.15) is 10.8 Å². The lowest BCUT2D eigenvalue weighted by Crippen LogP contribution is -2.46. The van der Waals surface area contributed by atoms with E-state index in [1.165, 1.54) is 0 Å². The van der Waals surface area contributed by atoms with Gasteiger partial charge < -0.3 is 15.0 Å². The predicted octanol–water partition coefficient (Wildman–Crippen LogP) is 0.795. The molecule has 1 N–H and O–H groups in total. The van der Waals surface area contributed by atoms with Gasteiger partial charge in [0.2, 0.25) is 0 Å². The zero-order valence-electron chi connectivity index (χ0n) is 10.2. The van der Waals surface area contributed by atoms with Gasteiger partial charge in [-0.15, -0.1) is 0 Å². The Kier molecular flexibility index (Phi) is 4.52. The second-order valence-corrected chi connectivity index (χ2v) is 4.70. The number of carbonyl (C=O) groups is 1. The summed E-state index contributed by atoms with van der Waals surface area (Å²) in [5.41, 5.74) is 0.326. The zero-order valence-corrected chi connectivity index (χ0v) is 11.0. The topological polar surface area (TPSA) is 54.5 Å². The Hall–Kier alpha value is -1.17. The van der Waals surface area contributed by atoms with Crippen LogP contribution in [0.2, 0.25) is 5.15 Å². The Morgan fingerprint density at radius 2 is 2.50 bits per heavy atom. The summed E-state index contributed by atoms with van der Waals surface area (Å²) < 4.78 is 5.56. The van der Waals surface area contributed by atoms with Crippen LogP contribution in [-0.2, 0) is 4.74 Å². The molecule has 0 spiro atoms. The second kappa shape index (κ2) is 6.13. The minimum absolute atomic E-state index is 0.0342. The Morgan fingerprint density at radius 1 is 1.67 bits per heavy atom. The first-order valence-corrected chi connectivity index (χ1v) is 6.24. The molecule has 0 bridgehead atoms. The molecule has 2 heterocycles. The first kappa shape index (κ1) is 13.3. The Bertz CT molecular complexity index is 428. The van der Waals surface area contributed by atoms with E-state index in [0.717, 1.165) is 13.1 Å². The molecular weight excluding hydrogens is 254 g/mol. The third kappa shape index (κ3) is 3.66. The molecular formula is C12H16ClN3O2. The van der Waals surface area contributed by atoms with Crippen LogP contribution in [0.25, 0.3) is 0 Å². The summed E-state index contributed by atoms with van der Waals surface area (Å²) in [5, 5.41) is 3.12. The van der Waals surface area contributed by atoms with Crippen LogP contribution in [-0.4, -0.2) is 55.2 Å². The highest BCUT2D eigenvalue weighted by Crippen LogP contribution is 2.05. The fraction of sp³-hybridized carbons (Fsp3) is 0.500. The van der Waals surface area contributed by atoms with Crippen LogP contribution in [0.1, 0.15) is 10.5 Å². The number of likely N-dealkylation sites (N-methyl/N-ethyl adjacent to an activating group) is 1. The highest BCUT2D eigenvalue weighted by Gasteiger charge is 2.18. The molecule has 1 saturated heterocycles. The number of ether oxygens (including phenoxy) is 1. The van der Waals surface area contributed by atoms with E-state index in [0.29, 0.717) is 24.0 Å². The maximum atomic E-state index is 11.8. The SMILES string of the molecule is CN1CCOC(CNC(=O)c2cccc(Cl)n2)C1. The number of halogens is 1. The monoisotopic (exact) mass is 269 g/mol. The minimum atomic E-state index is -0.227. The normalized spacial score (nSPS) is 20.7. The summed E-state index contributed by atoms with van der Waals surface area (Å²) in [7, 11) is 2.04. The number of nitrogens with one attached hydrogen (secondary N) is 1. The fourth-order valence-electron chi connectivity index (χ4n) is 1.82. The van der Waals surface area contributed by atoms with Gasteiger partial charge in [-0.1, -0.05) is 17.7 Å². The van der Waals surface area contributed by atoms with Crippen molar-refractivity contribution in [1.82, 2.24) is 15.2 Å². The van der Waals surface area contributed by atoms with E-state index < -0.39 is 0 Å². The lowest BCUT2D eigenvalue weighted by Gasteiger charge is -2.30. The average Bonchev–Trinajstić information content (AvgIpc) is 2.36. The molecule has 0 aliphatic carbocycles. The molecule has 0 aromatic carbocycles. The van der Waals surface area contributed by atoms with E-state index >= 15 is 0 Å². The number of pyridine rings is 1. The fourth-order valence-corrected chi connectivity index (χ4v) is 1.99. The molecule has 1 fully saturated rings. The first-order valence-electron chi connectivity index (χ1n) is 5.86. The van der Waals surface area contributed by atoms with Crippen molar-refractivity contribution in [3.05, 3.63) is 29.0 Å². The Labute approximate surface area is 111 Å². The molecule has 1 aromatic heterocycles. The van der Waals surface area contributed by atoms with Gasteiger partial charge >= 0.3 is 0 Å². The molecule has 5 nitrogen and oxygen atoms in total. The Morgan fingerprint density at radius 3 is 3.22 bits per heavy atom. The van der Waals surface area contributed by atoms with Crippen molar-refractivity contribution in [2.24, 2.45) is 0 Å². The van der Waals surface area contributed by atoms with Crippen molar-refractivity contribution >= 4 is 17.5 Å². The summed E-state index contributed by atoms with van der Waals surface area (Å²) in [6.07, 6.45) is 0.0342. The molecule has 0 saturated carbocycles. The Balaban J connectivity index is 1.84. The maximum absolute atomic E-state index is 11.8. The molecule has 1 amide bonds. The predicted molar refractivity (Wildman–Crippen MR) is 68.8 cm³/mol. The summed E-state index contributed by atoms with van der Waals surface area (Å²) >= 11 is 5.73. The molecule has 18 heavy (non-hydrogen) atoms. The van der Waals surface area contributed by atoms with E-state index in [4.69, 9.17) is 16.3 Å². The number of carbonyl (C=O) groups excluding carboxylic acids is 1. The number of rotatable bonds is 3. The van der Waals surface area contributed by atoms with E-state index in [-0.39, 0.29) is 12.0 Å². The van der Waals surface area contributed by atoms with Gasteiger partial charge in [0.25, 0.3) is 5.91 Å². The minimum Gasteiger partial charge on any atom is -0.374 e. The molecule has 1 aliphatic rings. The second-order valence-electron chi connectivity index (χ2n) is 4.31. The summed E-state index contributed by atoms with van der Waals surface area (Å²) in [6, 6.07) is 4.97. The lowest BCUT2D eigenvalue weighted by atomic mass is 10.2. The van der Waals surface area contributed by atoms with Gasteiger partial charge in [-0.3, -0.25) is 4.79 Å². The third-order valence-corrected chi connectivity index (χ3v) is 2.99. The molecule has 1 atom stereocenters. The molecule has 0 radical (unpaired) electrons. The maximum Gasteiger partial charge on any atom is 0.270 e. The van der Waals surface area contributed by atoms with Crippen LogP contribution in [0.3, 0.4) is 0 Å². The summed E-state index contributed by atoms with van der Waals surface area (Å²) in [6.45, 7) is 2.94. The van der Waals surface area contributed by atoms with Gasteiger partial charge in [0.05, 0.1) is 12.7 Å². The first-order chi connectivity index (χ1) is 8.65. The van der Waals surface area contributed by atoms with Crippen LogP contribution < -0.4 is 5.32 Å². The van der Waals surface area contributed by atoms with Crippen LogP contribution in [0, 0.1) is 0 Å². The van der Waals surface area contributed by atoms with Crippen LogP contribution >= 0.6 is 11.6 Å². The third-order valence-electron chi connectivity index (χ3n) is 2.78. The molecule has 1 aromatic rings. The van der Waals surface area contributed by atoms with Crippen molar-refractivity contribution in [1.29, 1.82) is 0 Å². The number of aromatic nitrogens is 1. The number of hydrogen-bond donors (Lipinski definition) is 1. The smallest absolute Gasteiger partial charge is 0.270 e. The zero-order chi connectivity index (χ0) is 13.0. The van der Waals surface area contributed by atoms with Crippen molar-refractivity contribution in [3.8, 4) is 0 Å². The molecule has 6 heteroatoms. The molecule has 98 valence electrons. The van der Waals surface area contributed by atoms with Gasteiger partial charge in [0.15, 0.2) is 0 Å². The summed E-state index contributed by atoms with van der Waals surface area (Å²) in [5.74, 6) is -0.227. The number of hydrogen-bond acceptors (Lipinski definition) is 4. The van der Waals surface area contributed by atoms with E-state index in [2.05, 4.69) is 15.2 Å². The van der Waals surface area contributed by atoms with Gasteiger partial charge in [-0.2, -0.15) is 0 Å². The molecule has 1 unspecified atom stereocenters.